The molecule has 2 atom stereocenters. The molecule has 4 N–H and O–H groups in total. The van der Waals surface area contributed by atoms with Crippen LogP contribution in [0.1, 0.15) is 129 Å². The van der Waals surface area contributed by atoms with Gasteiger partial charge in [-0.05, 0) is 12.8 Å². The maximum Gasteiger partial charge on any atom is 0.472 e. The average Bonchev–Trinajstić information content (AvgIpc) is 2.87. The van der Waals surface area contributed by atoms with Gasteiger partial charge in [0, 0.05) is 12.8 Å². The molecule has 220 valence electrons. The number of quaternary nitrogens is 1. The van der Waals surface area contributed by atoms with E-state index in [-0.39, 0.29) is 32.0 Å². The van der Waals surface area contributed by atoms with Crippen LogP contribution in [0.4, 0.5) is 0 Å². The highest BCUT2D eigenvalue weighted by atomic mass is 31.2. The van der Waals surface area contributed by atoms with E-state index >= 15 is 0 Å². The minimum atomic E-state index is -4.30. The lowest BCUT2D eigenvalue weighted by molar-refractivity contribution is -0.371. The molecule has 0 aromatic heterocycles. The second-order valence-corrected chi connectivity index (χ2v) is 11.1. The minimum absolute atomic E-state index is 0.0376. The Morgan fingerprint density at radius 3 is 1.65 bits per heavy atom. The molecular weight excluding hydrogens is 497 g/mol. The minimum Gasteiger partial charge on any atom is -0.462 e. The van der Waals surface area contributed by atoms with Crippen LogP contribution in [0.15, 0.2) is 0 Å². The normalized spacial score (nSPS) is 13.7. The van der Waals surface area contributed by atoms with Crippen molar-refractivity contribution in [2.45, 2.75) is 136 Å². The number of esters is 2. The quantitative estimate of drug-likeness (QED) is 0.0733. The third-order valence-corrected chi connectivity index (χ3v) is 7.00. The molecule has 0 heterocycles. The van der Waals surface area contributed by atoms with E-state index in [0.29, 0.717) is 13.0 Å². The zero-order valence-electron chi connectivity index (χ0n) is 23.6. The zero-order valence-corrected chi connectivity index (χ0v) is 24.5. The van der Waals surface area contributed by atoms with Crippen molar-refractivity contribution >= 4 is 19.8 Å². The first-order valence-electron chi connectivity index (χ1n) is 14.6. The summed E-state index contributed by atoms with van der Waals surface area (Å²) in [6, 6.07) is 0. The summed E-state index contributed by atoms with van der Waals surface area (Å²) in [5.74, 6) is -0.824. The SMILES string of the molecule is CCCCCCCCCCCCCC(=O)O[C@H](COC(=O)CCCCCCC)COP(=O)(O)OCC[NH3+]. The van der Waals surface area contributed by atoms with Crippen molar-refractivity contribution in [3.63, 3.8) is 0 Å². The Bertz CT molecular complexity index is 605. The number of ether oxygens (including phenoxy) is 2. The number of hydrogen-bond acceptors (Lipinski definition) is 7. The lowest BCUT2D eigenvalue weighted by Gasteiger charge is -2.19. The zero-order chi connectivity index (χ0) is 27.6. The molecule has 1 unspecified atom stereocenters. The summed E-state index contributed by atoms with van der Waals surface area (Å²) in [6.45, 7) is 3.99. The smallest absolute Gasteiger partial charge is 0.462 e. The molecule has 0 aliphatic rings. The Labute approximate surface area is 225 Å². The number of phosphoric ester groups is 1. The Morgan fingerprint density at radius 2 is 1.16 bits per heavy atom. The molecule has 0 aromatic rings. The summed E-state index contributed by atoms with van der Waals surface area (Å²) in [5, 5.41) is 0. The molecule has 0 aromatic carbocycles. The van der Waals surface area contributed by atoms with Crippen LogP contribution in [0, 0.1) is 0 Å². The molecule has 0 rings (SSSR count). The van der Waals surface area contributed by atoms with E-state index in [1.165, 1.54) is 51.4 Å². The highest BCUT2D eigenvalue weighted by molar-refractivity contribution is 7.47. The number of rotatable bonds is 27. The van der Waals surface area contributed by atoms with E-state index in [9.17, 15) is 19.0 Å². The molecular formula is C27H55NO8P+. The van der Waals surface area contributed by atoms with Gasteiger partial charge in [0.05, 0.1) is 13.2 Å². The van der Waals surface area contributed by atoms with Gasteiger partial charge in [0.2, 0.25) is 0 Å². The summed E-state index contributed by atoms with van der Waals surface area (Å²) >= 11 is 0. The largest absolute Gasteiger partial charge is 0.472 e. The monoisotopic (exact) mass is 552 g/mol. The predicted octanol–water partition coefficient (Wildman–Crippen LogP) is 5.88. The van der Waals surface area contributed by atoms with Gasteiger partial charge in [0.25, 0.3) is 0 Å². The Kier molecular flexibility index (Phi) is 24.6. The van der Waals surface area contributed by atoms with Crippen LogP contribution in [0.2, 0.25) is 0 Å². The fraction of sp³-hybridized carbons (Fsp3) is 0.926. The molecule has 0 amide bonds. The van der Waals surface area contributed by atoms with Gasteiger partial charge in [-0.25, -0.2) is 4.57 Å². The Balaban J connectivity index is 4.31. The lowest BCUT2D eigenvalue weighted by Crippen LogP contribution is -2.52. The number of carbonyl (C=O) groups is 2. The molecule has 9 nitrogen and oxygen atoms in total. The highest BCUT2D eigenvalue weighted by Crippen LogP contribution is 2.43. The van der Waals surface area contributed by atoms with E-state index in [4.69, 9.17) is 18.5 Å². The topological polar surface area (TPSA) is 136 Å². The van der Waals surface area contributed by atoms with Gasteiger partial charge in [-0.2, -0.15) is 0 Å². The maximum atomic E-state index is 12.3. The first-order valence-corrected chi connectivity index (χ1v) is 16.1. The van der Waals surface area contributed by atoms with Gasteiger partial charge < -0.3 is 20.1 Å². The van der Waals surface area contributed by atoms with Gasteiger partial charge in [-0.15, -0.1) is 0 Å². The molecule has 0 fully saturated rings. The first kappa shape index (κ1) is 36.0. The molecule has 37 heavy (non-hydrogen) atoms. The van der Waals surface area contributed by atoms with Gasteiger partial charge in [0.15, 0.2) is 6.10 Å². The standard InChI is InChI=1S/C27H54NO8P/c1-3-5-7-9-10-11-12-13-14-16-18-20-27(30)36-25(24-35-37(31,32)34-22-21-28)23-33-26(29)19-17-15-8-6-4-2/h25H,3-24,28H2,1-2H3,(H,31,32)/p+1/t25-/m1/s1. The maximum absolute atomic E-state index is 12.3. The number of phosphoric acid groups is 1. The van der Waals surface area contributed by atoms with E-state index in [1.807, 2.05) is 0 Å². The summed E-state index contributed by atoms with van der Waals surface area (Å²) in [4.78, 5) is 34.1. The van der Waals surface area contributed by atoms with Crippen molar-refractivity contribution in [3.05, 3.63) is 0 Å². The van der Waals surface area contributed by atoms with Crippen LogP contribution in [0.25, 0.3) is 0 Å². The first-order chi connectivity index (χ1) is 17.8. The van der Waals surface area contributed by atoms with Crippen molar-refractivity contribution in [2.24, 2.45) is 0 Å². The summed E-state index contributed by atoms with van der Waals surface area (Å²) in [5.41, 5.74) is 3.54. The van der Waals surface area contributed by atoms with Crippen molar-refractivity contribution < 1.29 is 43.3 Å². The average molecular weight is 553 g/mol. The fourth-order valence-electron chi connectivity index (χ4n) is 3.82. The summed E-state index contributed by atoms with van der Waals surface area (Å²) in [7, 11) is -4.30. The summed E-state index contributed by atoms with van der Waals surface area (Å²) < 4.78 is 32.3. The van der Waals surface area contributed by atoms with E-state index in [0.717, 1.165) is 44.9 Å². The molecule has 0 bridgehead atoms. The van der Waals surface area contributed by atoms with Crippen molar-refractivity contribution in [1.29, 1.82) is 0 Å². The number of hydrogen-bond donors (Lipinski definition) is 2. The predicted molar refractivity (Wildman–Crippen MR) is 145 cm³/mol. The Morgan fingerprint density at radius 1 is 0.703 bits per heavy atom. The van der Waals surface area contributed by atoms with Gasteiger partial charge in [0.1, 0.15) is 13.2 Å². The molecule has 0 saturated heterocycles. The van der Waals surface area contributed by atoms with Crippen LogP contribution in [0.3, 0.4) is 0 Å². The van der Waals surface area contributed by atoms with E-state index < -0.39 is 26.5 Å². The van der Waals surface area contributed by atoms with Crippen molar-refractivity contribution in [3.8, 4) is 0 Å². The van der Waals surface area contributed by atoms with Crippen LogP contribution >= 0.6 is 7.82 Å². The molecule has 0 spiro atoms. The van der Waals surface area contributed by atoms with E-state index in [2.05, 4.69) is 19.6 Å². The number of carbonyl (C=O) groups excluding carboxylic acids is 2. The Hall–Kier alpha value is -0.990. The third kappa shape index (κ3) is 25.1. The van der Waals surface area contributed by atoms with Gasteiger partial charge in [-0.1, -0.05) is 104 Å². The van der Waals surface area contributed by atoms with Crippen molar-refractivity contribution in [2.75, 3.05) is 26.4 Å². The molecule has 0 radical (unpaired) electrons. The van der Waals surface area contributed by atoms with E-state index in [1.54, 1.807) is 0 Å². The third-order valence-electron chi connectivity index (χ3n) is 6.02. The second-order valence-electron chi connectivity index (χ2n) is 9.70. The van der Waals surface area contributed by atoms with Crippen LogP contribution in [-0.2, 0) is 32.7 Å². The fourth-order valence-corrected chi connectivity index (χ4v) is 4.61. The highest BCUT2D eigenvalue weighted by Gasteiger charge is 2.26. The second kappa shape index (κ2) is 25.3. The van der Waals surface area contributed by atoms with Crippen molar-refractivity contribution in [1.82, 2.24) is 0 Å². The molecule has 0 aliphatic carbocycles. The van der Waals surface area contributed by atoms with Crippen LogP contribution < -0.4 is 5.73 Å². The van der Waals surface area contributed by atoms with Crippen LogP contribution in [0.5, 0.6) is 0 Å². The molecule has 10 heteroatoms. The van der Waals surface area contributed by atoms with Gasteiger partial charge >= 0.3 is 19.8 Å². The van der Waals surface area contributed by atoms with Gasteiger partial charge in [-0.3, -0.25) is 18.6 Å². The number of unbranched alkanes of at least 4 members (excludes halogenated alkanes) is 14. The lowest BCUT2D eigenvalue weighted by atomic mass is 10.1. The molecule has 0 saturated carbocycles. The van der Waals surface area contributed by atoms with Crippen LogP contribution in [-0.4, -0.2) is 49.3 Å². The summed E-state index contributed by atoms with van der Waals surface area (Å²) in [6.07, 6.45) is 17.6. The molecule has 0 aliphatic heterocycles.